The fourth-order valence-corrected chi connectivity index (χ4v) is 3.04. The van der Waals surface area contributed by atoms with Crippen molar-refractivity contribution in [1.82, 2.24) is 0 Å². The van der Waals surface area contributed by atoms with Gasteiger partial charge in [-0.1, -0.05) is 25.1 Å². The van der Waals surface area contributed by atoms with Crippen LogP contribution in [0.3, 0.4) is 0 Å². The molecule has 0 unspecified atom stereocenters. The molecule has 0 aliphatic rings. The summed E-state index contributed by atoms with van der Waals surface area (Å²) in [5.41, 5.74) is 2.61. The summed E-state index contributed by atoms with van der Waals surface area (Å²) >= 11 is 3.98. The third kappa shape index (κ3) is 3.43. The summed E-state index contributed by atoms with van der Waals surface area (Å²) in [5.74, 6) is 0.959. The highest BCUT2D eigenvalue weighted by molar-refractivity contribution is 14.1. The first-order valence-electron chi connectivity index (χ1n) is 5.93. The highest BCUT2D eigenvalue weighted by atomic mass is 127. The van der Waals surface area contributed by atoms with Gasteiger partial charge in [0.1, 0.15) is 6.07 Å². The monoisotopic (exact) mass is 380 g/mol. The van der Waals surface area contributed by atoms with Crippen molar-refractivity contribution in [1.29, 1.82) is 5.26 Å². The summed E-state index contributed by atoms with van der Waals surface area (Å²) in [4.78, 5) is 1.03. The van der Waals surface area contributed by atoms with Crippen LogP contribution in [0.15, 0.2) is 47.4 Å². The van der Waals surface area contributed by atoms with E-state index in [1.54, 1.807) is 11.8 Å². The molecule has 0 saturated carbocycles. The third-order valence-corrected chi connectivity index (χ3v) is 4.46. The standard InChI is InChI=1S/C15H13IN2S/c1-2-19-15-9-5-8-13(11(15)10-17)18-14-7-4-3-6-12(14)16/h3-9,18H,2H2,1H3. The van der Waals surface area contributed by atoms with Gasteiger partial charge in [-0.2, -0.15) is 5.26 Å². The molecule has 4 heteroatoms. The topological polar surface area (TPSA) is 35.8 Å². The van der Waals surface area contributed by atoms with Crippen LogP contribution < -0.4 is 5.32 Å². The van der Waals surface area contributed by atoms with Crippen molar-refractivity contribution in [2.24, 2.45) is 0 Å². The number of anilines is 2. The lowest BCUT2D eigenvalue weighted by Gasteiger charge is -2.12. The molecule has 0 aromatic heterocycles. The van der Waals surface area contributed by atoms with Crippen LogP contribution in [0, 0.1) is 14.9 Å². The second-order valence-electron chi connectivity index (χ2n) is 3.83. The van der Waals surface area contributed by atoms with Crippen molar-refractivity contribution in [3.63, 3.8) is 0 Å². The predicted molar refractivity (Wildman–Crippen MR) is 90.0 cm³/mol. The van der Waals surface area contributed by atoms with Crippen LogP contribution in [0.4, 0.5) is 11.4 Å². The van der Waals surface area contributed by atoms with E-state index < -0.39 is 0 Å². The molecule has 0 fully saturated rings. The van der Waals surface area contributed by atoms with E-state index in [9.17, 15) is 5.26 Å². The quantitative estimate of drug-likeness (QED) is 0.598. The van der Waals surface area contributed by atoms with Crippen LogP contribution in [-0.4, -0.2) is 5.75 Å². The summed E-state index contributed by atoms with van der Waals surface area (Å²) in [6.07, 6.45) is 0. The summed E-state index contributed by atoms with van der Waals surface area (Å²) in [5, 5.41) is 12.7. The summed E-state index contributed by atoms with van der Waals surface area (Å²) in [6, 6.07) is 16.3. The van der Waals surface area contributed by atoms with Crippen molar-refractivity contribution in [3.8, 4) is 6.07 Å². The minimum atomic E-state index is 0.717. The van der Waals surface area contributed by atoms with Gasteiger partial charge in [0.05, 0.1) is 16.9 Å². The average molecular weight is 380 g/mol. The zero-order chi connectivity index (χ0) is 13.7. The van der Waals surface area contributed by atoms with Gasteiger partial charge >= 0.3 is 0 Å². The molecule has 0 aliphatic carbocycles. The molecule has 1 N–H and O–H groups in total. The van der Waals surface area contributed by atoms with E-state index in [-0.39, 0.29) is 0 Å². The van der Waals surface area contributed by atoms with E-state index in [1.165, 1.54) is 0 Å². The molecule has 2 nitrogen and oxygen atoms in total. The van der Waals surface area contributed by atoms with Crippen LogP contribution in [0.5, 0.6) is 0 Å². The fourth-order valence-electron chi connectivity index (χ4n) is 1.73. The number of benzene rings is 2. The maximum atomic E-state index is 9.37. The zero-order valence-corrected chi connectivity index (χ0v) is 13.5. The van der Waals surface area contributed by atoms with Crippen LogP contribution in [-0.2, 0) is 0 Å². The first-order chi connectivity index (χ1) is 9.26. The van der Waals surface area contributed by atoms with E-state index in [1.807, 2.05) is 42.5 Å². The molecule has 0 bridgehead atoms. The second-order valence-corrected chi connectivity index (χ2v) is 6.30. The first kappa shape index (κ1) is 14.2. The Morgan fingerprint density at radius 1 is 1.16 bits per heavy atom. The van der Waals surface area contributed by atoms with Crippen LogP contribution in [0.1, 0.15) is 12.5 Å². The maximum absolute atomic E-state index is 9.37. The van der Waals surface area contributed by atoms with E-state index in [2.05, 4.69) is 40.9 Å². The largest absolute Gasteiger partial charge is 0.354 e. The van der Waals surface area contributed by atoms with Crippen molar-refractivity contribution in [2.75, 3.05) is 11.1 Å². The molecule has 0 amide bonds. The Kier molecular flexibility index (Phi) is 5.11. The van der Waals surface area contributed by atoms with Crippen molar-refractivity contribution in [2.45, 2.75) is 11.8 Å². The number of para-hydroxylation sites is 1. The smallest absolute Gasteiger partial charge is 0.103 e. The number of rotatable bonds is 4. The third-order valence-electron chi connectivity index (χ3n) is 2.58. The minimum absolute atomic E-state index is 0.717. The van der Waals surface area contributed by atoms with Gasteiger partial charge in [-0.15, -0.1) is 11.8 Å². The fraction of sp³-hybridized carbons (Fsp3) is 0.133. The molecular formula is C15H13IN2S. The number of nitrogens with zero attached hydrogens (tertiary/aromatic N) is 1. The molecule has 2 aromatic rings. The van der Waals surface area contributed by atoms with Gasteiger partial charge in [0, 0.05) is 8.47 Å². The van der Waals surface area contributed by atoms with Crippen LogP contribution in [0.25, 0.3) is 0 Å². The van der Waals surface area contributed by atoms with Gasteiger partial charge in [-0.3, -0.25) is 0 Å². The molecule has 0 atom stereocenters. The predicted octanol–water partition coefficient (Wildman–Crippen LogP) is 5.02. The lowest BCUT2D eigenvalue weighted by atomic mass is 10.2. The Morgan fingerprint density at radius 2 is 1.89 bits per heavy atom. The van der Waals surface area contributed by atoms with Crippen LogP contribution >= 0.6 is 34.4 Å². The van der Waals surface area contributed by atoms with Gasteiger partial charge in [0.2, 0.25) is 0 Å². The van der Waals surface area contributed by atoms with Crippen molar-refractivity contribution >= 4 is 45.7 Å². The minimum Gasteiger partial charge on any atom is -0.354 e. The van der Waals surface area contributed by atoms with Gasteiger partial charge in [-0.05, 0) is 52.6 Å². The molecule has 96 valence electrons. The molecule has 2 rings (SSSR count). The summed E-state index contributed by atoms with van der Waals surface area (Å²) < 4.78 is 1.14. The first-order valence-corrected chi connectivity index (χ1v) is 8.00. The molecule has 0 heterocycles. The van der Waals surface area contributed by atoms with Crippen molar-refractivity contribution in [3.05, 3.63) is 51.6 Å². The van der Waals surface area contributed by atoms with Gasteiger partial charge in [-0.25, -0.2) is 0 Å². The van der Waals surface area contributed by atoms with E-state index in [0.29, 0.717) is 5.56 Å². The molecule has 0 aliphatic heterocycles. The molecular weight excluding hydrogens is 367 g/mol. The number of hydrogen-bond acceptors (Lipinski definition) is 3. The average Bonchev–Trinajstić information content (AvgIpc) is 2.42. The summed E-state index contributed by atoms with van der Waals surface area (Å²) in [6.45, 7) is 2.09. The maximum Gasteiger partial charge on any atom is 0.103 e. The lowest BCUT2D eigenvalue weighted by molar-refractivity contribution is 1.34. The Bertz CT molecular complexity index is 620. The lowest BCUT2D eigenvalue weighted by Crippen LogP contribution is -1.96. The van der Waals surface area contributed by atoms with Gasteiger partial charge < -0.3 is 5.32 Å². The molecule has 0 saturated heterocycles. The Morgan fingerprint density at radius 3 is 2.58 bits per heavy atom. The summed E-state index contributed by atoms with van der Waals surface area (Å²) in [7, 11) is 0. The number of hydrogen-bond donors (Lipinski definition) is 1. The SMILES string of the molecule is CCSc1cccc(Nc2ccccc2I)c1C#N. The number of thioether (sulfide) groups is 1. The Labute approximate surface area is 131 Å². The normalized spacial score (nSPS) is 9.95. The Hall–Kier alpha value is -1.19. The van der Waals surface area contributed by atoms with E-state index in [0.717, 1.165) is 25.6 Å². The van der Waals surface area contributed by atoms with Crippen molar-refractivity contribution < 1.29 is 0 Å². The van der Waals surface area contributed by atoms with E-state index >= 15 is 0 Å². The molecule has 0 spiro atoms. The highest BCUT2D eigenvalue weighted by Gasteiger charge is 2.09. The van der Waals surface area contributed by atoms with E-state index in [4.69, 9.17) is 0 Å². The number of nitrogens with one attached hydrogen (secondary N) is 1. The zero-order valence-electron chi connectivity index (χ0n) is 10.5. The van der Waals surface area contributed by atoms with Crippen LogP contribution in [0.2, 0.25) is 0 Å². The number of nitriles is 1. The highest BCUT2D eigenvalue weighted by Crippen LogP contribution is 2.30. The number of halogens is 1. The van der Waals surface area contributed by atoms with Gasteiger partial charge in [0.15, 0.2) is 0 Å². The van der Waals surface area contributed by atoms with Gasteiger partial charge in [0.25, 0.3) is 0 Å². The molecule has 2 aromatic carbocycles. The molecule has 0 radical (unpaired) electrons. The Balaban J connectivity index is 2.38. The second kappa shape index (κ2) is 6.83. The molecule has 19 heavy (non-hydrogen) atoms.